The summed E-state index contributed by atoms with van der Waals surface area (Å²) >= 11 is 0. The summed E-state index contributed by atoms with van der Waals surface area (Å²) in [4.78, 5) is 0. The molecule has 1 aromatic carbocycles. The lowest BCUT2D eigenvalue weighted by Crippen LogP contribution is -2.25. The molecule has 1 heterocycles. The van der Waals surface area contributed by atoms with Crippen molar-refractivity contribution in [2.75, 3.05) is 5.73 Å². The summed E-state index contributed by atoms with van der Waals surface area (Å²) < 4.78 is 1.75. The normalized spacial score (nSPS) is 22.3. The number of nitrogens with two attached hydrogens (primary N) is 1. The highest BCUT2D eigenvalue weighted by Gasteiger charge is 2.31. The third-order valence-corrected chi connectivity index (χ3v) is 5.63. The van der Waals surface area contributed by atoms with Crippen LogP contribution in [0.3, 0.4) is 0 Å². The van der Waals surface area contributed by atoms with Crippen molar-refractivity contribution in [3.05, 3.63) is 36.0 Å². The molecule has 3 nitrogen and oxygen atoms in total. The Morgan fingerprint density at radius 1 is 1.04 bits per heavy atom. The van der Waals surface area contributed by atoms with E-state index in [2.05, 4.69) is 50.1 Å². The zero-order valence-corrected chi connectivity index (χ0v) is 14.8. The van der Waals surface area contributed by atoms with E-state index in [1.54, 1.807) is 4.68 Å². The maximum absolute atomic E-state index is 6.21. The number of anilines is 1. The van der Waals surface area contributed by atoms with E-state index in [9.17, 15) is 0 Å². The van der Waals surface area contributed by atoms with Crippen LogP contribution < -0.4 is 5.73 Å². The molecule has 1 saturated carbocycles. The number of rotatable bonds is 2. The van der Waals surface area contributed by atoms with Gasteiger partial charge in [-0.15, -0.1) is 0 Å². The molecule has 3 heteroatoms. The summed E-state index contributed by atoms with van der Waals surface area (Å²) in [6.45, 7) is 7.13. The number of nitrogens with zero attached hydrogens (tertiary/aromatic N) is 2. The minimum Gasteiger partial charge on any atom is -0.383 e. The molecule has 2 N–H and O–H groups in total. The van der Waals surface area contributed by atoms with Gasteiger partial charge in [-0.1, -0.05) is 45.0 Å². The summed E-state index contributed by atoms with van der Waals surface area (Å²) in [7, 11) is 1.90. The highest BCUT2D eigenvalue weighted by Crippen LogP contribution is 2.45. The number of benzene rings is 1. The van der Waals surface area contributed by atoms with Crippen molar-refractivity contribution in [2.24, 2.45) is 18.4 Å². The van der Waals surface area contributed by atoms with Gasteiger partial charge in [-0.2, -0.15) is 5.10 Å². The molecule has 0 amide bonds. The lowest BCUT2D eigenvalue weighted by atomic mass is 9.68. The third-order valence-electron chi connectivity index (χ3n) is 5.63. The minimum absolute atomic E-state index is 0.429. The number of aryl methyl sites for hydroxylation is 1. The Morgan fingerprint density at radius 3 is 2.26 bits per heavy atom. The molecule has 2 aromatic rings. The zero-order chi connectivity index (χ0) is 16.6. The number of nitrogen functional groups attached to an aromatic ring is 1. The minimum atomic E-state index is 0.429. The van der Waals surface area contributed by atoms with Crippen molar-refractivity contribution in [2.45, 2.75) is 52.4 Å². The zero-order valence-electron chi connectivity index (χ0n) is 14.8. The molecule has 0 aliphatic heterocycles. The molecular formula is C20H29N3. The molecule has 3 rings (SSSR count). The van der Waals surface area contributed by atoms with Crippen LogP contribution in [-0.4, -0.2) is 9.78 Å². The molecule has 1 aliphatic rings. The first-order valence-electron chi connectivity index (χ1n) is 8.74. The fourth-order valence-electron chi connectivity index (χ4n) is 4.02. The van der Waals surface area contributed by atoms with Gasteiger partial charge < -0.3 is 5.73 Å². The van der Waals surface area contributed by atoms with Crippen molar-refractivity contribution in [3.63, 3.8) is 0 Å². The predicted octanol–water partition coefficient (Wildman–Crippen LogP) is 4.99. The van der Waals surface area contributed by atoms with Gasteiger partial charge in [0, 0.05) is 12.6 Å². The Balaban J connectivity index is 1.87. The molecule has 0 unspecified atom stereocenters. The molecule has 0 spiro atoms. The third kappa shape index (κ3) is 3.15. The lowest BCUT2D eigenvalue weighted by Gasteiger charge is -2.37. The van der Waals surface area contributed by atoms with Crippen LogP contribution in [0.1, 0.15) is 57.9 Å². The van der Waals surface area contributed by atoms with Gasteiger partial charge in [-0.05, 0) is 54.1 Å². The van der Waals surface area contributed by atoms with E-state index in [4.69, 9.17) is 5.73 Å². The smallest absolute Gasteiger partial charge is 0.129 e. The monoisotopic (exact) mass is 311 g/mol. The van der Waals surface area contributed by atoms with Gasteiger partial charge in [-0.3, -0.25) is 4.68 Å². The van der Waals surface area contributed by atoms with Crippen molar-refractivity contribution < 1.29 is 0 Å². The summed E-state index contributed by atoms with van der Waals surface area (Å²) in [6.07, 6.45) is 7.10. The maximum atomic E-state index is 6.21. The molecule has 1 aliphatic carbocycles. The Morgan fingerprint density at radius 2 is 1.70 bits per heavy atom. The first-order valence-corrected chi connectivity index (χ1v) is 8.74. The summed E-state index contributed by atoms with van der Waals surface area (Å²) in [5.74, 6) is 2.24. The molecule has 0 atom stereocenters. The van der Waals surface area contributed by atoms with E-state index in [0.29, 0.717) is 11.3 Å². The number of aromatic nitrogens is 2. The van der Waals surface area contributed by atoms with Gasteiger partial charge in [0.05, 0.1) is 6.20 Å². The van der Waals surface area contributed by atoms with Crippen LogP contribution >= 0.6 is 0 Å². The van der Waals surface area contributed by atoms with E-state index in [0.717, 1.165) is 17.3 Å². The molecule has 1 aromatic heterocycles. The number of hydrogen-bond donors (Lipinski definition) is 1. The van der Waals surface area contributed by atoms with Crippen molar-refractivity contribution in [1.82, 2.24) is 9.78 Å². The van der Waals surface area contributed by atoms with Gasteiger partial charge in [0.25, 0.3) is 0 Å². The summed E-state index contributed by atoms with van der Waals surface area (Å²) in [6, 6.07) is 8.73. The SMILES string of the molecule is Cn1ncc(-c2ccccc2C2CCC(C(C)(C)C)CC2)c1N. The second-order valence-electron chi connectivity index (χ2n) is 8.07. The Kier molecular flexibility index (Phi) is 4.22. The van der Waals surface area contributed by atoms with Gasteiger partial charge in [0.2, 0.25) is 0 Å². The quantitative estimate of drug-likeness (QED) is 0.849. The van der Waals surface area contributed by atoms with E-state index < -0.39 is 0 Å². The van der Waals surface area contributed by atoms with E-state index in [1.165, 1.54) is 36.8 Å². The predicted molar refractivity (Wildman–Crippen MR) is 97.2 cm³/mol. The van der Waals surface area contributed by atoms with Crippen LogP contribution in [0, 0.1) is 11.3 Å². The van der Waals surface area contributed by atoms with Gasteiger partial charge in [0.1, 0.15) is 5.82 Å². The highest BCUT2D eigenvalue weighted by atomic mass is 15.3. The van der Waals surface area contributed by atoms with E-state index in [-0.39, 0.29) is 0 Å². The Labute approximate surface area is 139 Å². The Hall–Kier alpha value is -1.77. The van der Waals surface area contributed by atoms with Gasteiger partial charge >= 0.3 is 0 Å². The van der Waals surface area contributed by atoms with Crippen molar-refractivity contribution in [1.29, 1.82) is 0 Å². The van der Waals surface area contributed by atoms with E-state index in [1.807, 2.05) is 13.2 Å². The fraction of sp³-hybridized carbons (Fsp3) is 0.550. The summed E-state index contributed by atoms with van der Waals surface area (Å²) in [5, 5.41) is 4.31. The molecular weight excluding hydrogens is 282 g/mol. The standard InChI is InChI=1S/C20H29N3/c1-20(2,3)15-11-9-14(10-12-15)16-7-5-6-8-17(16)18-13-22-23(4)19(18)21/h5-8,13-15H,9-12,21H2,1-4H3. The van der Waals surface area contributed by atoms with Crippen LogP contribution in [0.4, 0.5) is 5.82 Å². The molecule has 23 heavy (non-hydrogen) atoms. The van der Waals surface area contributed by atoms with Gasteiger partial charge in [-0.25, -0.2) is 0 Å². The molecule has 0 saturated heterocycles. The molecule has 124 valence electrons. The van der Waals surface area contributed by atoms with Crippen molar-refractivity contribution >= 4 is 5.82 Å². The first kappa shape index (κ1) is 16.1. The number of hydrogen-bond acceptors (Lipinski definition) is 2. The first-order chi connectivity index (χ1) is 10.9. The second kappa shape index (κ2) is 6.03. The maximum Gasteiger partial charge on any atom is 0.129 e. The fourth-order valence-corrected chi connectivity index (χ4v) is 4.02. The van der Waals surface area contributed by atoms with Crippen LogP contribution in [0.15, 0.2) is 30.5 Å². The van der Waals surface area contributed by atoms with Crippen LogP contribution in [-0.2, 0) is 7.05 Å². The summed E-state index contributed by atoms with van der Waals surface area (Å²) in [5.41, 5.74) is 10.4. The van der Waals surface area contributed by atoms with E-state index >= 15 is 0 Å². The largest absolute Gasteiger partial charge is 0.383 e. The van der Waals surface area contributed by atoms with Crippen LogP contribution in [0.25, 0.3) is 11.1 Å². The molecule has 1 fully saturated rings. The molecule has 0 radical (unpaired) electrons. The Bertz CT molecular complexity index is 670. The lowest BCUT2D eigenvalue weighted by molar-refractivity contribution is 0.169. The van der Waals surface area contributed by atoms with Gasteiger partial charge in [0.15, 0.2) is 0 Å². The average Bonchev–Trinajstić information content (AvgIpc) is 2.86. The highest BCUT2D eigenvalue weighted by molar-refractivity contribution is 5.76. The van der Waals surface area contributed by atoms with Crippen LogP contribution in [0.5, 0.6) is 0 Å². The van der Waals surface area contributed by atoms with Crippen molar-refractivity contribution in [3.8, 4) is 11.1 Å². The molecule has 0 bridgehead atoms. The average molecular weight is 311 g/mol. The topological polar surface area (TPSA) is 43.8 Å². The van der Waals surface area contributed by atoms with Crippen LogP contribution in [0.2, 0.25) is 0 Å². The second-order valence-corrected chi connectivity index (χ2v) is 8.07.